The lowest BCUT2D eigenvalue weighted by Crippen LogP contribution is -2.61. The first-order chi connectivity index (χ1) is 15.6. The highest BCUT2D eigenvalue weighted by atomic mass is 35.5. The molecule has 0 aromatic carbocycles. The smallest absolute Gasteiger partial charge is 0.475 e. The average molecular weight is 502 g/mol. The molecule has 8 nitrogen and oxygen atoms in total. The first kappa shape index (κ1) is 23.3. The lowest BCUT2D eigenvalue weighted by molar-refractivity contribution is -0.192. The van der Waals surface area contributed by atoms with Crippen LogP contribution < -0.4 is 15.5 Å². The summed E-state index contributed by atoms with van der Waals surface area (Å²) in [5, 5.41) is 20.2. The summed E-state index contributed by atoms with van der Waals surface area (Å²) in [4.78, 5) is 24.0. The van der Waals surface area contributed by atoms with E-state index in [2.05, 4.69) is 15.5 Å². The summed E-state index contributed by atoms with van der Waals surface area (Å²) in [6.45, 7) is 1.97. The number of piperazine rings is 1. The molecule has 0 radical (unpaired) electrons. The van der Waals surface area contributed by atoms with Crippen LogP contribution in [0.2, 0.25) is 4.34 Å². The molecule has 2 atom stereocenters. The van der Waals surface area contributed by atoms with Crippen molar-refractivity contribution >= 4 is 51.8 Å². The van der Waals surface area contributed by atoms with Gasteiger partial charge in [0.25, 0.3) is 5.91 Å². The highest BCUT2D eigenvalue weighted by Gasteiger charge is 2.38. The van der Waals surface area contributed by atoms with Crippen molar-refractivity contribution < 1.29 is 27.9 Å². The fourth-order valence-corrected chi connectivity index (χ4v) is 4.69. The van der Waals surface area contributed by atoms with E-state index < -0.39 is 12.1 Å². The van der Waals surface area contributed by atoms with Crippen LogP contribution in [-0.2, 0) is 4.79 Å². The molecule has 3 aliphatic rings. The number of hydrogen-bond acceptors (Lipinski definition) is 6. The zero-order chi connectivity index (χ0) is 23.8. The normalized spacial score (nSPS) is 19.8. The van der Waals surface area contributed by atoms with E-state index in [-0.39, 0.29) is 5.91 Å². The minimum absolute atomic E-state index is 0.211. The number of carbonyl (C=O) groups is 2. The van der Waals surface area contributed by atoms with Crippen LogP contribution in [0, 0.1) is 0 Å². The lowest BCUT2D eigenvalue weighted by atomic mass is 9.93. The van der Waals surface area contributed by atoms with Crippen LogP contribution in [-0.4, -0.2) is 57.9 Å². The number of alkyl halides is 3. The fraction of sp³-hybridized carbons (Fsp3) is 0.350. The Balaban J connectivity index is 0.000000325. The van der Waals surface area contributed by atoms with Crippen LogP contribution in [0.5, 0.6) is 0 Å². The van der Waals surface area contributed by atoms with Gasteiger partial charge in [0.05, 0.1) is 11.2 Å². The number of thiophene rings is 1. The van der Waals surface area contributed by atoms with Gasteiger partial charge < -0.3 is 20.6 Å². The summed E-state index contributed by atoms with van der Waals surface area (Å²) in [6.07, 6.45) is -2.67. The standard InChI is InChI=1S/C18H18ClN5OS.C2HF3O2/c19-17-14(7-8-26-17)21-18(25)15-5-3-12-4-6-16(22-24(12)15)23-10-11-1-2-13(23)9-20-11;3-2(4,5)1(6)7/h3-8,11,13,20H,1-2,9-10H2,(H,21,25);(H,6,7). The molecule has 3 saturated heterocycles. The molecule has 33 heavy (non-hydrogen) atoms. The summed E-state index contributed by atoms with van der Waals surface area (Å²) in [6, 6.07) is 10.6. The van der Waals surface area contributed by atoms with E-state index in [4.69, 9.17) is 26.6 Å². The van der Waals surface area contributed by atoms with Gasteiger partial charge in [-0.3, -0.25) is 4.79 Å². The lowest BCUT2D eigenvalue weighted by Gasteiger charge is -2.46. The van der Waals surface area contributed by atoms with Crippen molar-refractivity contribution in [2.24, 2.45) is 0 Å². The van der Waals surface area contributed by atoms with Crippen LogP contribution in [0.3, 0.4) is 0 Å². The van der Waals surface area contributed by atoms with Gasteiger partial charge in [0.15, 0.2) is 0 Å². The van der Waals surface area contributed by atoms with Crippen molar-refractivity contribution in [2.75, 3.05) is 23.3 Å². The van der Waals surface area contributed by atoms with Crippen LogP contribution in [0.4, 0.5) is 24.7 Å². The van der Waals surface area contributed by atoms with Crippen molar-refractivity contribution in [2.45, 2.75) is 31.1 Å². The second-order valence-corrected chi connectivity index (χ2v) is 9.12. The van der Waals surface area contributed by atoms with E-state index in [0.717, 1.165) is 24.4 Å². The molecule has 6 heterocycles. The number of anilines is 2. The number of nitrogens with zero attached hydrogens (tertiary/aromatic N) is 3. The maximum absolute atomic E-state index is 12.7. The zero-order valence-electron chi connectivity index (χ0n) is 17.0. The highest BCUT2D eigenvalue weighted by molar-refractivity contribution is 7.15. The third kappa shape index (κ3) is 5.07. The Labute approximate surface area is 194 Å². The molecular weight excluding hydrogens is 483 g/mol. The van der Waals surface area contributed by atoms with Gasteiger partial charge in [-0.05, 0) is 48.6 Å². The summed E-state index contributed by atoms with van der Waals surface area (Å²) in [5.41, 5.74) is 2.03. The molecule has 1 amide bonds. The topological polar surface area (TPSA) is 99.0 Å². The van der Waals surface area contributed by atoms with Gasteiger partial charge >= 0.3 is 12.1 Å². The Hall–Kier alpha value is -2.83. The monoisotopic (exact) mass is 501 g/mol. The molecule has 3 fully saturated rings. The van der Waals surface area contributed by atoms with Crippen LogP contribution in [0.1, 0.15) is 23.3 Å². The molecule has 3 N–H and O–H groups in total. The van der Waals surface area contributed by atoms with Crippen molar-refractivity contribution in [3.8, 4) is 0 Å². The molecule has 3 aliphatic heterocycles. The first-order valence-corrected chi connectivity index (χ1v) is 11.2. The van der Waals surface area contributed by atoms with E-state index in [9.17, 15) is 18.0 Å². The second-order valence-electron chi connectivity index (χ2n) is 7.60. The predicted molar refractivity (Wildman–Crippen MR) is 118 cm³/mol. The number of nitrogens with one attached hydrogen (secondary N) is 2. The van der Waals surface area contributed by atoms with Gasteiger partial charge in [-0.2, -0.15) is 13.2 Å². The summed E-state index contributed by atoms with van der Waals surface area (Å²) < 4.78 is 34.0. The molecule has 0 spiro atoms. The number of piperidine rings is 2. The van der Waals surface area contributed by atoms with Crippen molar-refractivity contribution in [1.29, 1.82) is 0 Å². The Bertz CT molecular complexity index is 1170. The largest absolute Gasteiger partial charge is 0.490 e. The third-order valence-corrected chi connectivity index (χ3v) is 6.64. The number of halogens is 4. The van der Waals surface area contributed by atoms with Gasteiger partial charge in [-0.1, -0.05) is 11.6 Å². The van der Waals surface area contributed by atoms with Gasteiger partial charge in [-0.25, -0.2) is 9.31 Å². The van der Waals surface area contributed by atoms with Crippen LogP contribution in [0.15, 0.2) is 35.7 Å². The molecule has 6 rings (SSSR count). The predicted octanol–water partition coefficient (Wildman–Crippen LogP) is 3.88. The quantitative estimate of drug-likeness (QED) is 0.504. The number of hydrogen-bond donors (Lipinski definition) is 3. The number of carboxylic acids is 1. The Morgan fingerprint density at radius 1 is 1.21 bits per heavy atom. The summed E-state index contributed by atoms with van der Waals surface area (Å²) in [5.74, 6) is -2.04. The second kappa shape index (κ2) is 9.20. The number of carbonyl (C=O) groups excluding carboxylic acids is 1. The van der Waals surface area contributed by atoms with Crippen molar-refractivity contribution in [3.05, 3.63) is 45.7 Å². The fourth-order valence-electron chi connectivity index (χ4n) is 3.86. The Morgan fingerprint density at radius 3 is 2.48 bits per heavy atom. The van der Waals surface area contributed by atoms with Crippen LogP contribution in [0.25, 0.3) is 5.52 Å². The van der Waals surface area contributed by atoms with E-state index in [1.807, 2.05) is 23.6 Å². The highest BCUT2D eigenvalue weighted by Crippen LogP contribution is 2.29. The Morgan fingerprint density at radius 2 is 1.94 bits per heavy atom. The molecule has 176 valence electrons. The number of fused-ring (bicyclic) bond motifs is 4. The Kier molecular flexibility index (Phi) is 6.50. The van der Waals surface area contributed by atoms with Gasteiger partial charge in [0.2, 0.25) is 0 Å². The van der Waals surface area contributed by atoms with E-state index in [0.29, 0.717) is 27.8 Å². The number of aromatic nitrogens is 2. The minimum atomic E-state index is -5.08. The van der Waals surface area contributed by atoms with Gasteiger partial charge in [-0.15, -0.1) is 16.4 Å². The van der Waals surface area contributed by atoms with Crippen molar-refractivity contribution in [1.82, 2.24) is 14.9 Å². The van der Waals surface area contributed by atoms with E-state index >= 15 is 0 Å². The molecule has 0 saturated carbocycles. The average Bonchev–Trinajstić information content (AvgIpc) is 3.40. The van der Waals surface area contributed by atoms with Crippen LogP contribution >= 0.6 is 22.9 Å². The molecule has 2 unspecified atom stereocenters. The zero-order valence-corrected chi connectivity index (χ0v) is 18.5. The maximum Gasteiger partial charge on any atom is 0.490 e. The number of rotatable bonds is 3. The molecule has 0 aliphatic carbocycles. The molecule has 3 aromatic heterocycles. The molecule has 3 aromatic rings. The SMILES string of the molecule is O=C(Nc1ccsc1Cl)c1ccc2ccc(N3CC4CCC3CN4)nn12.O=C(O)C(F)(F)F. The first-order valence-electron chi connectivity index (χ1n) is 9.97. The van der Waals surface area contributed by atoms with Gasteiger partial charge in [0, 0.05) is 25.2 Å². The van der Waals surface area contributed by atoms with E-state index in [1.54, 1.807) is 16.6 Å². The number of carboxylic acid groups (broad SMARTS) is 1. The van der Waals surface area contributed by atoms with E-state index in [1.165, 1.54) is 24.2 Å². The number of amides is 1. The van der Waals surface area contributed by atoms with Gasteiger partial charge in [0.1, 0.15) is 15.8 Å². The summed E-state index contributed by atoms with van der Waals surface area (Å²) >= 11 is 7.49. The molecule has 13 heteroatoms. The maximum atomic E-state index is 12.7. The summed E-state index contributed by atoms with van der Waals surface area (Å²) in [7, 11) is 0. The molecule has 2 bridgehead atoms. The third-order valence-electron chi connectivity index (χ3n) is 5.47. The molecular formula is C20H19ClF3N5O3S. The minimum Gasteiger partial charge on any atom is -0.475 e. The van der Waals surface area contributed by atoms with Crippen molar-refractivity contribution in [3.63, 3.8) is 0 Å². The number of aliphatic carboxylic acids is 1.